The minimum atomic E-state index is -0.354. The Bertz CT molecular complexity index is 739. The van der Waals surface area contributed by atoms with Crippen molar-refractivity contribution in [2.24, 2.45) is 0 Å². The number of amides is 2. The molecule has 0 atom stereocenters. The molecule has 0 unspecified atom stereocenters. The number of piperazine rings is 1. The van der Waals surface area contributed by atoms with E-state index in [1.165, 1.54) is 28.9 Å². The van der Waals surface area contributed by atoms with Crippen molar-refractivity contribution in [1.82, 2.24) is 4.90 Å². The van der Waals surface area contributed by atoms with Gasteiger partial charge in [-0.1, -0.05) is 23.8 Å². The number of aryl methyl sites for hydroxylation is 2. The number of anilines is 2. The number of hydrogen-bond acceptors (Lipinski definition) is 2. The van der Waals surface area contributed by atoms with Gasteiger partial charge in [0.2, 0.25) is 0 Å². The molecule has 0 saturated carbocycles. The maximum atomic E-state index is 13.2. The summed E-state index contributed by atoms with van der Waals surface area (Å²) >= 11 is 0. The van der Waals surface area contributed by atoms with E-state index in [2.05, 4.69) is 42.3 Å². The number of hydrogen-bond donors (Lipinski definition) is 1. The highest BCUT2D eigenvalue weighted by Crippen LogP contribution is 2.22. The normalized spacial score (nSPS) is 14.6. The van der Waals surface area contributed by atoms with Crippen LogP contribution in [0.25, 0.3) is 0 Å². The molecular weight excluding hydrogens is 305 g/mol. The first-order chi connectivity index (χ1) is 11.5. The SMILES string of the molecule is Cc1ccc(N2CCN(C(=O)Nc3cccc(F)c3)CC2)c(C)c1. The van der Waals surface area contributed by atoms with E-state index in [0.717, 1.165) is 13.1 Å². The monoisotopic (exact) mass is 327 g/mol. The van der Waals surface area contributed by atoms with Crippen LogP contribution in [0.3, 0.4) is 0 Å². The highest BCUT2D eigenvalue weighted by atomic mass is 19.1. The van der Waals surface area contributed by atoms with E-state index in [1.807, 2.05) is 0 Å². The molecule has 3 rings (SSSR count). The number of halogens is 1. The zero-order valence-electron chi connectivity index (χ0n) is 14.1. The van der Waals surface area contributed by atoms with Gasteiger partial charge in [-0.3, -0.25) is 0 Å². The molecule has 4 nitrogen and oxygen atoms in total. The number of rotatable bonds is 2. The second-order valence-electron chi connectivity index (χ2n) is 6.20. The molecule has 5 heteroatoms. The summed E-state index contributed by atoms with van der Waals surface area (Å²) < 4.78 is 13.2. The first-order valence-corrected chi connectivity index (χ1v) is 8.16. The van der Waals surface area contributed by atoms with Crippen LogP contribution in [-0.4, -0.2) is 37.1 Å². The molecule has 0 aliphatic carbocycles. The predicted molar refractivity (Wildman–Crippen MR) is 95.1 cm³/mol. The lowest BCUT2D eigenvalue weighted by molar-refractivity contribution is 0.208. The summed E-state index contributed by atoms with van der Waals surface area (Å²) in [6, 6.07) is 12.2. The van der Waals surface area contributed by atoms with Crippen LogP contribution >= 0.6 is 0 Å². The fourth-order valence-corrected chi connectivity index (χ4v) is 3.08. The zero-order chi connectivity index (χ0) is 17.1. The summed E-state index contributed by atoms with van der Waals surface area (Å²) in [5, 5.41) is 2.75. The molecule has 2 aromatic carbocycles. The van der Waals surface area contributed by atoms with Crippen molar-refractivity contribution in [2.75, 3.05) is 36.4 Å². The van der Waals surface area contributed by atoms with Gasteiger partial charge < -0.3 is 15.1 Å². The molecule has 0 bridgehead atoms. The van der Waals surface area contributed by atoms with Crippen molar-refractivity contribution >= 4 is 17.4 Å². The van der Waals surface area contributed by atoms with Crippen molar-refractivity contribution in [3.63, 3.8) is 0 Å². The Labute approximate surface area is 141 Å². The van der Waals surface area contributed by atoms with E-state index >= 15 is 0 Å². The summed E-state index contributed by atoms with van der Waals surface area (Å²) in [6.07, 6.45) is 0. The van der Waals surface area contributed by atoms with Gasteiger partial charge in [0.25, 0.3) is 0 Å². The number of urea groups is 1. The highest BCUT2D eigenvalue weighted by molar-refractivity contribution is 5.89. The van der Waals surface area contributed by atoms with Crippen LogP contribution in [0.2, 0.25) is 0 Å². The maximum absolute atomic E-state index is 13.2. The Balaban J connectivity index is 1.59. The lowest BCUT2D eigenvalue weighted by atomic mass is 10.1. The zero-order valence-corrected chi connectivity index (χ0v) is 14.1. The number of carbonyl (C=O) groups is 1. The highest BCUT2D eigenvalue weighted by Gasteiger charge is 2.22. The smallest absolute Gasteiger partial charge is 0.321 e. The van der Waals surface area contributed by atoms with Crippen LogP contribution in [-0.2, 0) is 0 Å². The first kappa shape index (κ1) is 16.3. The minimum Gasteiger partial charge on any atom is -0.368 e. The van der Waals surface area contributed by atoms with Gasteiger partial charge in [-0.25, -0.2) is 9.18 Å². The van der Waals surface area contributed by atoms with Gasteiger partial charge in [0.1, 0.15) is 5.82 Å². The quantitative estimate of drug-likeness (QED) is 0.911. The standard InChI is InChI=1S/C19H22FN3O/c1-14-6-7-18(15(2)12-14)22-8-10-23(11-9-22)19(24)21-17-5-3-4-16(20)13-17/h3-7,12-13H,8-11H2,1-2H3,(H,21,24). The fourth-order valence-electron chi connectivity index (χ4n) is 3.08. The molecule has 1 aliphatic rings. The molecule has 24 heavy (non-hydrogen) atoms. The predicted octanol–water partition coefficient (Wildman–Crippen LogP) is 3.80. The molecule has 1 aliphatic heterocycles. The Hall–Kier alpha value is -2.56. The number of benzene rings is 2. The molecule has 0 spiro atoms. The Morgan fingerprint density at radius 2 is 1.79 bits per heavy atom. The van der Waals surface area contributed by atoms with E-state index in [-0.39, 0.29) is 11.8 Å². The lowest BCUT2D eigenvalue weighted by Gasteiger charge is -2.36. The van der Waals surface area contributed by atoms with E-state index in [0.29, 0.717) is 18.8 Å². The third-order valence-corrected chi connectivity index (χ3v) is 4.34. The largest absolute Gasteiger partial charge is 0.368 e. The summed E-state index contributed by atoms with van der Waals surface area (Å²) in [7, 11) is 0. The molecule has 1 heterocycles. The average Bonchev–Trinajstić information content (AvgIpc) is 2.55. The Kier molecular flexibility index (Phi) is 4.69. The molecule has 0 aromatic heterocycles. The topological polar surface area (TPSA) is 35.6 Å². The fraction of sp³-hybridized carbons (Fsp3) is 0.316. The van der Waals surface area contributed by atoms with Crippen molar-refractivity contribution < 1.29 is 9.18 Å². The van der Waals surface area contributed by atoms with Crippen LogP contribution < -0.4 is 10.2 Å². The molecule has 1 saturated heterocycles. The van der Waals surface area contributed by atoms with Crippen LogP contribution in [0.5, 0.6) is 0 Å². The lowest BCUT2D eigenvalue weighted by Crippen LogP contribution is -2.50. The van der Waals surface area contributed by atoms with Crippen LogP contribution in [0, 0.1) is 19.7 Å². The van der Waals surface area contributed by atoms with E-state index in [9.17, 15) is 9.18 Å². The van der Waals surface area contributed by atoms with Crippen molar-refractivity contribution in [2.45, 2.75) is 13.8 Å². The summed E-state index contributed by atoms with van der Waals surface area (Å²) in [4.78, 5) is 16.4. The second kappa shape index (κ2) is 6.91. The third-order valence-electron chi connectivity index (χ3n) is 4.34. The molecular formula is C19H22FN3O. The summed E-state index contributed by atoms with van der Waals surface area (Å²) in [5.41, 5.74) is 4.22. The number of carbonyl (C=O) groups excluding carboxylic acids is 1. The molecule has 126 valence electrons. The van der Waals surface area contributed by atoms with Gasteiger partial charge in [0.05, 0.1) is 0 Å². The first-order valence-electron chi connectivity index (χ1n) is 8.16. The van der Waals surface area contributed by atoms with Crippen LogP contribution in [0.15, 0.2) is 42.5 Å². The Morgan fingerprint density at radius 3 is 2.46 bits per heavy atom. The molecule has 1 fully saturated rings. The average molecular weight is 327 g/mol. The van der Waals surface area contributed by atoms with E-state index < -0.39 is 0 Å². The van der Waals surface area contributed by atoms with E-state index in [4.69, 9.17) is 0 Å². The number of nitrogens with zero attached hydrogens (tertiary/aromatic N) is 2. The molecule has 2 aromatic rings. The molecule has 2 amide bonds. The van der Waals surface area contributed by atoms with Gasteiger partial charge in [-0.05, 0) is 43.7 Å². The van der Waals surface area contributed by atoms with Crippen LogP contribution in [0.4, 0.5) is 20.6 Å². The molecule has 1 N–H and O–H groups in total. The van der Waals surface area contributed by atoms with Crippen molar-refractivity contribution in [3.8, 4) is 0 Å². The van der Waals surface area contributed by atoms with Crippen LogP contribution in [0.1, 0.15) is 11.1 Å². The third kappa shape index (κ3) is 3.67. The Morgan fingerprint density at radius 1 is 1.04 bits per heavy atom. The van der Waals surface area contributed by atoms with Gasteiger partial charge in [0.15, 0.2) is 0 Å². The van der Waals surface area contributed by atoms with Crippen molar-refractivity contribution in [1.29, 1.82) is 0 Å². The van der Waals surface area contributed by atoms with Gasteiger partial charge in [-0.15, -0.1) is 0 Å². The minimum absolute atomic E-state index is 0.180. The summed E-state index contributed by atoms with van der Waals surface area (Å²) in [5.74, 6) is -0.354. The van der Waals surface area contributed by atoms with Gasteiger partial charge in [-0.2, -0.15) is 0 Å². The van der Waals surface area contributed by atoms with E-state index in [1.54, 1.807) is 17.0 Å². The number of nitrogens with one attached hydrogen (secondary N) is 1. The maximum Gasteiger partial charge on any atom is 0.321 e. The summed E-state index contributed by atoms with van der Waals surface area (Å²) in [6.45, 7) is 7.08. The van der Waals surface area contributed by atoms with Crippen molar-refractivity contribution in [3.05, 3.63) is 59.4 Å². The molecule has 0 radical (unpaired) electrons. The second-order valence-corrected chi connectivity index (χ2v) is 6.20. The van der Waals surface area contributed by atoms with Gasteiger partial charge in [0, 0.05) is 37.6 Å². The van der Waals surface area contributed by atoms with Gasteiger partial charge >= 0.3 is 6.03 Å².